The van der Waals surface area contributed by atoms with E-state index in [-0.39, 0.29) is 11.9 Å². The predicted octanol–water partition coefficient (Wildman–Crippen LogP) is 4.20. The molecule has 3 aromatic rings. The summed E-state index contributed by atoms with van der Waals surface area (Å²) in [6, 6.07) is 16.7. The van der Waals surface area contributed by atoms with Crippen LogP contribution in [0.2, 0.25) is 0 Å². The molecule has 2 aromatic carbocycles. The molecule has 0 radical (unpaired) electrons. The van der Waals surface area contributed by atoms with Crippen molar-refractivity contribution < 1.29 is 14.3 Å². The molecule has 6 nitrogen and oxygen atoms in total. The van der Waals surface area contributed by atoms with Crippen LogP contribution < -0.4 is 10.2 Å². The van der Waals surface area contributed by atoms with Crippen molar-refractivity contribution in [2.75, 3.05) is 23.4 Å². The van der Waals surface area contributed by atoms with Gasteiger partial charge in [0.2, 0.25) is 0 Å². The van der Waals surface area contributed by atoms with Crippen LogP contribution in [0, 0.1) is 0 Å². The SMILES string of the molecule is CCOC(=O)c1ccc(NC(=O)c2cncc(N3CCc4ccccc43)c2)cc1. The number of hydrogen-bond acceptors (Lipinski definition) is 5. The van der Waals surface area contributed by atoms with Gasteiger partial charge in [0.05, 0.1) is 29.6 Å². The predicted molar refractivity (Wildman–Crippen MR) is 112 cm³/mol. The Kier molecular flexibility index (Phi) is 5.24. The molecule has 1 aliphatic heterocycles. The number of esters is 1. The highest BCUT2D eigenvalue weighted by atomic mass is 16.5. The van der Waals surface area contributed by atoms with E-state index < -0.39 is 0 Å². The zero-order chi connectivity index (χ0) is 20.2. The highest BCUT2D eigenvalue weighted by Crippen LogP contribution is 2.34. The molecule has 1 N–H and O–H groups in total. The number of benzene rings is 2. The quantitative estimate of drug-likeness (QED) is 0.664. The summed E-state index contributed by atoms with van der Waals surface area (Å²) in [5, 5.41) is 2.84. The molecule has 1 aliphatic rings. The summed E-state index contributed by atoms with van der Waals surface area (Å²) in [4.78, 5) is 30.8. The zero-order valence-corrected chi connectivity index (χ0v) is 16.1. The Morgan fingerprint density at radius 1 is 1.07 bits per heavy atom. The Morgan fingerprint density at radius 3 is 2.66 bits per heavy atom. The van der Waals surface area contributed by atoms with E-state index in [1.165, 1.54) is 5.56 Å². The van der Waals surface area contributed by atoms with E-state index in [0.29, 0.717) is 23.4 Å². The third kappa shape index (κ3) is 3.96. The van der Waals surface area contributed by atoms with Crippen LogP contribution in [0.25, 0.3) is 0 Å². The van der Waals surface area contributed by atoms with Gasteiger partial charge in [0.25, 0.3) is 5.91 Å². The van der Waals surface area contributed by atoms with Crippen molar-refractivity contribution in [2.45, 2.75) is 13.3 Å². The molecule has 1 amide bonds. The van der Waals surface area contributed by atoms with Gasteiger partial charge in [-0.2, -0.15) is 0 Å². The van der Waals surface area contributed by atoms with E-state index >= 15 is 0 Å². The highest BCUT2D eigenvalue weighted by Gasteiger charge is 2.21. The van der Waals surface area contributed by atoms with Gasteiger partial charge < -0.3 is 15.0 Å². The number of rotatable bonds is 5. The van der Waals surface area contributed by atoms with Gasteiger partial charge in [-0.05, 0) is 55.3 Å². The monoisotopic (exact) mass is 387 g/mol. The minimum atomic E-state index is -0.381. The topological polar surface area (TPSA) is 71.5 Å². The van der Waals surface area contributed by atoms with E-state index in [0.717, 1.165) is 24.3 Å². The van der Waals surface area contributed by atoms with Gasteiger partial charge in [0.1, 0.15) is 0 Å². The summed E-state index contributed by atoms with van der Waals surface area (Å²) in [5.74, 6) is -0.635. The normalized spacial score (nSPS) is 12.4. The zero-order valence-electron chi connectivity index (χ0n) is 16.1. The Morgan fingerprint density at radius 2 is 1.86 bits per heavy atom. The van der Waals surface area contributed by atoms with E-state index in [1.807, 2.05) is 18.2 Å². The maximum atomic E-state index is 12.7. The van der Waals surface area contributed by atoms with Gasteiger partial charge in [0, 0.05) is 24.1 Å². The lowest BCUT2D eigenvalue weighted by molar-refractivity contribution is 0.0526. The third-order valence-electron chi connectivity index (χ3n) is 4.84. The molecule has 0 unspecified atom stereocenters. The van der Waals surface area contributed by atoms with Crippen molar-refractivity contribution in [3.05, 3.63) is 83.7 Å². The summed E-state index contributed by atoms with van der Waals surface area (Å²) < 4.78 is 4.97. The third-order valence-corrected chi connectivity index (χ3v) is 4.84. The number of aromatic nitrogens is 1. The van der Waals surface area contributed by atoms with Crippen molar-refractivity contribution in [1.82, 2.24) is 4.98 Å². The molecular formula is C23H21N3O3. The number of para-hydroxylation sites is 1. The second kappa shape index (κ2) is 8.14. The van der Waals surface area contributed by atoms with Crippen molar-refractivity contribution in [2.24, 2.45) is 0 Å². The molecule has 0 spiro atoms. The van der Waals surface area contributed by atoms with Gasteiger partial charge in [-0.15, -0.1) is 0 Å². The molecule has 4 rings (SSSR count). The van der Waals surface area contributed by atoms with Crippen molar-refractivity contribution in [3.8, 4) is 0 Å². The molecule has 2 heterocycles. The van der Waals surface area contributed by atoms with Crippen LogP contribution in [0.1, 0.15) is 33.2 Å². The summed E-state index contributed by atoms with van der Waals surface area (Å²) in [5.41, 5.74) is 4.85. The lowest BCUT2D eigenvalue weighted by Crippen LogP contribution is -2.16. The number of carbonyl (C=O) groups excluding carboxylic acids is 2. The fraction of sp³-hybridized carbons (Fsp3) is 0.174. The fourth-order valence-electron chi connectivity index (χ4n) is 3.41. The van der Waals surface area contributed by atoms with Crippen molar-refractivity contribution in [3.63, 3.8) is 0 Å². The maximum absolute atomic E-state index is 12.7. The second-order valence-corrected chi connectivity index (χ2v) is 6.71. The van der Waals surface area contributed by atoms with Crippen LogP contribution in [0.3, 0.4) is 0 Å². The Hall–Kier alpha value is -3.67. The average Bonchev–Trinajstić information content (AvgIpc) is 3.19. The van der Waals surface area contributed by atoms with E-state index in [2.05, 4.69) is 27.3 Å². The number of carbonyl (C=O) groups is 2. The Balaban J connectivity index is 1.49. The number of pyridine rings is 1. The summed E-state index contributed by atoms with van der Waals surface area (Å²) in [6.07, 6.45) is 4.29. The summed E-state index contributed by atoms with van der Waals surface area (Å²) in [6.45, 7) is 2.94. The first kappa shape index (κ1) is 18.7. The molecular weight excluding hydrogens is 366 g/mol. The summed E-state index contributed by atoms with van der Waals surface area (Å²) >= 11 is 0. The number of hydrogen-bond donors (Lipinski definition) is 1. The molecule has 0 saturated carbocycles. The molecule has 0 saturated heterocycles. The van der Waals surface area contributed by atoms with Crippen LogP contribution in [0.4, 0.5) is 17.1 Å². The highest BCUT2D eigenvalue weighted by molar-refractivity contribution is 6.05. The first-order valence-electron chi connectivity index (χ1n) is 9.54. The molecule has 146 valence electrons. The minimum Gasteiger partial charge on any atom is -0.462 e. The minimum absolute atomic E-state index is 0.254. The van der Waals surface area contributed by atoms with E-state index in [1.54, 1.807) is 43.6 Å². The van der Waals surface area contributed by atoms with Crippen molar-refractivity contribution >= 4 is 28.9 Å². The lowest BCUT2D eigenvalue weighted by Gasteiger charge is -2.19. The fourth-order valence-corrected chi connectivity index (χ4v) is 3.41. The molecule has 1 aromatic heterocycles. The smallest absolute Gasteiger partial charge is 0.338 e. The maximum Gasteiger partial charge on any atom is 0.338 e. The molecule has 0 bridgehead atoms. The Bertz CT molecular complexity index is 1050. The van der Waals surface area contributed by atoms with Gasteiger partial charge in [-0.25, -0.2) is 4.79 Å². The molecule has 29 heavy (non-hydrogen) atoms. The summed E-state index contributed by atoms with van der Waals surface area (Å²) in [7, 11) is 0. The first-order valence-corrected chi connectivity index (χ1v) is 9.54. The number of nitrogens with one attached hydrogen (secondary N) is 1. The number of fused-ring (bicyclic) bond motifs is 1. The molecule has 6 heteroatoms. The number of anilines is 3. The number of nitrogens with zero attached hydrogens (tertiary/aromatic N) is 2. The average molecular weight is 387 g/mol. The van der Waals surface area contributed by atoms with Crippen LogP contribution in [0.5, 0.6) is 0 Å². The molecule has 0 aliphatic carbocycles. The number of amides is 1. The molecule has 0 fully saturated rings. The molecule has 0 atom stereocenters. The van der Waals surface area contributed by atoms with Gasteiger partial charge in [0.15, 0.2) is 0 Å². The largest absolute Gasteiger partial charge is 0.462 e. The van der Waals surface area contributed by atoms with Crippen LogP contribution in [-0.4, -0.2) is 30.0 Å². The Labute approximate surface area is 169 Å². The van der Waals surface area contributed by atoms with Crippen LogP contribution in [-0.2, 0) is 11.2 Å². The number of ether oxygens (including phenoxy) is 1. The lowest BCUT2D eigenvalue weighted by atomic mass is 10.1. The standard InChI is InChI=1S/C23H21N3O3/c1-2-29-23(28)17-7-9-19(10-8-17)25-22(27)18-13-20(15-24-14-18)26-12-11-16-5-3-4-6-21(16)26/h3-10,13-15H,2,11-12H2,1H3,(H,25,27). The van der Waals surface area contributed by atoms with Crippen LogP contribution >= 0.6 is 0 Å². The van der Waals surface area contributed by atoms with Gasteiger partial charge in [-0.3, -0.25) is 9.78 Å². The van der Waals surface area contributed by atoms with Gasteiger partial charge >= 0.3 is 5.97 Å². The van der Waals surface area contributed by atoms with Gasteiger partial charge in [-0.1, -0.05) is 18.2 Å². The van der Waals surface area contributed by atoms with E-state index in [4.69, 9.17) is 4.74 Å². The first-order chi connectivity index (χ1) is 14.2. The van der Waals surface area contributed by atoms with Crippen molar-refractivity contribution in [1.29, 1.82) is 0 Å². The van der Waals surface area contributed by atoms with E-state index in [9.17, 15) is 9.59 Å². The van der Waals surface area contributed by atoms with Crippen LogP contribution in [0.15, 0.2) is 67.0 Å². The second-order valence-electron chi connectivity index (χ2n) is 6.71.